The van der Waals surface area contributed by atoms with Gasteiger partial charge < -0.3 is 14.4 Å². The van der Waals surface area contributed by atoms with Gasteiger partial charge in [0.15, 0.2) is 0 Å². The van der Waals surface area contributed by atoms with E-state index in [4.69, 9.17) is 9.47 Å². The van der Waals surface area contributed by atoms with Crippen molar-refractivity contribution >= 4 is 23.8 Å². The minimum absolute atomic E-state index is 0.0237. The lowest BCUT2D eigenvalue weighted by molar-refractivity contribution is -0.142. The summed E-state index contributed by atoms with van der Waals surface area (Å²) in [5, 5.41) is 0. The predicted octanol–water partition coefficient (Wildman–Crippen LogP) is 3.00. The Balaban J connectivity index is 2.49. The largest absolute Gasteiger partial charge is 0.463 e. The van der Waals surface area contributed by atoms with E-state index >= 15 is 0 Å². The van der Waals surface area contributed by atoms with E-state index in [9.17, 15) is 14.4 Å². The molecule has 1 aromatic rings. The fourth-order valence-electron chi connectivity index (χ4n) is 2.85. The van der Waals surface area contributed by atoms with Crippen molar-refractivity contribution in [1.82, 2.24) is 4.90 Å². The molecule has 0 aliphatic carbocycles. The van der Waals surface area contributed by atoms with Gasteiger partial charge in [0.1, 0.15) is 11.5 Å². The van der Waals surface area contributed by atoms with Crippen molar-refractivity contribution < 1.29 is 23.9 Å². The van der Waals surface area contributed by atoms with Crippen LogP contribution in [0, 0.1) is 0 Å². The van der Waals surface area contributed by atoms with Gasteiger partial charge in [-0.1, -0.05) is 24.3 Å². The van der Waals surface area contributed by atoms with E-state index in [1.165, 1.54) is 6.92 Å². The maximum absolute atomic E-state index is 12.5. The fraction of sp³-hybridized carbons (Fsp3) is 0.350. The third kappa shape index (κ3) is 4.59. The third-order valence-corrected chi connectivity index (χ3v) is 3.89. The van der Waals surface area contributed by atoms with Crippen LogP contribution >= 0.6 is 0 Å². The molecule has 1 heterocycles. The molecule has 1 aliphatic rings. The number of Topliss-reactive ketones (excluding diaryl/α,β-unsaturated/α-hetero) is 1. The molecule has 0 radical (unpaired) electrons. The van der Waals surface area contributed by atoms with Crippen LogP contribution in [0.4, 0.5) is 0 Å². The normalized spacial score (nSPS) is 16.0. The Morgan fingerprint density at radius 2 is 1.81 bits per heavy atom. The lowest BCUT2D eigenvalue weighted by Crippen LogP contribution is -2.32. The van der Waals surface area contributed by atoms with Crippen molar-refractivity contribution in [2.45, 2.75) is 33.2 Å². The smallest absolute Gasteiger partial charge is 0.355 e. The molecule has 0 N–H and O–H groups in total. The molecule has 1 unspecified atom stereocenters. The molecule has 0 amide bonds. The summed E-state index contributed by atoms with van der Waals surface area (Å²) in [6, 6.07) is 7.23. The van der Waals surface area contributed by atoms with Crippen molar-refractivity contribution in [2.24, 2.45) is 0 Å². The number of benzene rings is 1. The highest BCUT2D eigenvalue weighted by Gasteiger charge is 2.31. The summed E-state index contributed by atoms with van der Waals surface area (Å²) in [5.74, 6) is -1.30. The number of ether oxygens (including phenoxy) is 2. The average Bonchev–Trinajstić information content (AvgIpc) is 2.60. The van der Waals surface area contributed by atoms with Gasteiger partial charge in [-0.15, -0.1) is 0 Å². The first kappa shape index (κ1) is 19.4. The summed E-state index contributed by atoms with van der Waals surface area (Å²) in [5.41, 5.74) is 1.92. The van der Waals surface area contributed by atoms with Gasteiger partial charge in [-0.3, -0.25) is 4.79 Å². The monoisotopic (exact) mass is 357 g/mol. The minimum Gasteiger partial charge on any atom is -0.463 e. The standard InChI is InChI=1S/C20H23NO5/c1-4-25-19(23)13-18(20(24)26-5-2)21-11-10-15-8-6-7-9-16(15)17(21)12-14(3)22/h6-11,13,17H,4-5,12H2,1-3H3/b18-13+. The summed E-state index contributed by atoms with van der Waals surface area (Å²) in [4.78, 5) is 37.9. The maximum atomic E-state index is 12.5. The molecule has 138 valence electrons. The van der Waals surface area contributed by atoms with Gasteiger partial charge in [0.2, 0.25) is 0 Å². The van der Waals surface area contributed by atoms with Gasteiger partial charge in [0, 0.05) is 12.6 Å². The SMILES string of the molecule is CCOC(=O)/C=C(\C(=O)OCC)N1C=Cc2ccccc2C1CC(C)=O. The molecular weight excluding hydrogens is 334 g/mol. The fourth-order valence-corrected chi connectivity index (χ4v) is 2.85. The summed E-state index contributed by atoms with van der Waals surface area (Å²) >= 11 is 0. The van der Waals surface area contributed by atoms with E-state index in [1.54, 1.807) is 24.9 Å². The maximum Gasteiger partial charge on any atom is 0.355 e. The van der Waals surface area contributed by atoms with Gasteiger partial charge in [-0.05, 0) is 38.0 Å². The highest BCUT2D eigenvalue weighted by molar-refractivity contribution is 5.96. The molecule has 0 saturated carbocycles. The Morgan fingerprint density at radius 3 is 2.46 bits per heavy atom. The van der Waals surface area contributed by atoms with Gasteiger partial charge in [0.05, 0.1) is 25.3 Å². The Kier molecular flexibility index (Phi) is 6.72. The second-order valence-corrected chi connectivity index (χ2v) is 5.78. The van der Waals surface area contributed by atoms with E-state index < -0.39 is 18.0 Å². The average molecular weight is 357 g/mol. The summed E-state index contributed by atoms with van der Waals surface area (Å²) in [6.45, 7) is 5.24. The highest BCUT2D eigenvalue weighted by atomic mass is 16.5. The molecule has 1 aliphatic heterocycles. The van der Waals surface area contributed by atoms with Crippen molar-refractivity contribution in [3.05, 3.63) is 53.4 Å². The lowest BCUT2D eigenvalue weighted by atomic mass is 9.92. The first-order valence-corrected chi connectivity index (χ1v) is 8.58. The minimum atomic E-state index is -0.641. The van der Waals surface area contributed by atoms with E-state index in [2.05, 4.69) is 0 Å². The third-order valence-electron chi connectivity index (χ3n) is 3.89. The van der Waals surface area contributed by atoms with Crippen LogP contribution in [0.3, 0.4) is 0 Å². The molecule has 1 atom stereocenters. The van der Waals surface area contributed by atoms with Crippen LogP contribution in [0.1, 0.15) is 44.4 Å². The van der Waals surface area contributed by atoms with E-state index in [0.717, 1.165) is 17.2 Å². The van der Waals surface area contributed by atoms with Crippen LogP contribution in [0.2, 0.25) is 0 Å². The van der Waals surface area contributed by atoms with E-state index in [0.29, 0.717) is 0 Å². The van der Waals surface area contributed by atoms with Crippen molar-refractivity contribution in [3.63, 3.8) is 0 Å². The molecule has 6 heteroatoms. The van der Waals surface area contributed by atoms with Crippen molar-refractivity contribution in [2.75, 3.05) is 13.2 Å². The zero-order chi connectivity index (χ0) is 19.1. The number of hydrogen-bond donors (Lipinski definition) is 0. The van der Waals surface area contributed by atoms with E-state index in [-0.39, 0.29) is 31.1 Å². The number of carbonyl (C=O) groups excluding carboxylic acids is 3. The summed E-state index contributed by atoms with van der Waals surface area (Å²) < 4.78 is 10.0. The number of fused-ring (bicyclic) bond motifs is 1. The van der Waals surface area contributed by atoms with Crippen molar-refractivity contribution in [1.29, 1.82) is 0 Å². The van der Waals surface area contributed by atoms with E-state index in [1.807, 2.05) is 30.3 Å². The number of rotatable bonds is 7. The van der Waals surface area contributed by atoms with Gasteiger partial charge in [-0.25, -0.2) is 9.59 Å². The second-order valence-electron chi connectivity index (χ2n) is 5.78. The molecule has 0 aromatic heterocycles. The van der Waals surface area contributed by atoms with Gasteiger partial charge in [0.25, 0.3) is 0 Å². The zero-order valence-electron chi connectivity index (χ0n) is 15.2. The van der Waals surface area contributed by atoms with Gasteiger partial charge >= 0.3 is 11.9 Å². The molecule has 0 fully saturated rings. The van der Waals surface area contributed by atoms with Crippen LogP contribution < -0.4 is 0 Å². The zero-order valence-corrected chi connectivity index (χ0v) is 15.2. The van der Waals surface area contributed by atoms with Crippen molar-refractivity contribution in [3.8, 4) is 0 Å². The quantitative estimate of drug-likeness (QED) is 0.552. The van der Waals surface area contributed by atoms with Crippen LogP contribution in [-0.4, -0.2) is 35.8 Å². The molecule has 6 nitrogen and oxygen atoms in total. The summed E-state index contributed by atoms with van der Waals surface area (Å²) in [6.07, 6.45) is 4.84. The molecule has 0 spiro atoms. The number of esters is 2. The van der Waals surface area contributed by atoms with Crippen LogP contribution in [0.5, 0.6) is 0 Å². The number of ketones is 1. The molecule has 26 heavy (non-hydrogen) atoms. The predicted molar refractivity (Wildman–Crippen MR) is 96.7 cm³/mol. The Morgan fingerprint density at radius 1 is 1.12 bits per heavy atom. The van der Waals surface area contributed by atoms with Gasteiger partial charge in [-0.2, -0.15) is 0 Å². The van der Waals surface area contributed by atoms with Crippen LogP contribution in [0.25, 0.3) is 6.08 Å². The number of nitrogens with zero attached hydrogens (tertiary/aromatic N) is 1. The summed E-state index contributed by atoms with van der Waals surface area (Å²) in [7, 11) is 0. The van der Waals surface area contributed by atoms with Crippen LogP contribution in [0.15, 0.2) is 42.2 Å². The Bertz CT molecular complexity index is 750. The molecule has 0 bridgehead atoms. The first-order valence-electron chi connectivity index (χ1n) is 8.58. The first-order chi connectivity index (χ1) is 12.5. The molecule has 2 rings (SSSR count). The lowest BCUT2D eigenvalue weighted by Gasteiger charge is -2.35. The topological polar surface area (TPSA) is 72.9 Å². The Hall–Kier alpha value is -2.89. The molecule has 1 aromatic carbocycles. The van der Waals surface area contributed by atoms with Crippen LogP contribution in [-0.2, 0) is 23.9 Å². The highest BCUT2D eigenvalue weighted by Crippen LogP contribution is 2.35. The molecular formula is C20H23NO5. The molecule has 0 saturated heterocycles. The number of hydrogen-bond acceptors (Lipinski definition) is 6. The number of carbonyl (C=O) groups is 3. The second kappa shape index (κ2) is 8.99. The Labute approximate surface area is 153 Å².